The third-order valence-corrected chi connectivity index (χ3v) is 2.77. The third kappa shape index (κ3) is 1.87. The Labute approximate surface area is 104 Å². The Morgan fingerprint density at radius 1 is 1.32 bits per heavy atom. The molecule has 4 nitrogen and oxygen atoms in total. The van der Waals surface area contributed by atoms with Crippen molar-refractivity contribution in [3.05, 3.63) is 45.5 Å². The number of aryl methyl sites for hydroxylation is 1. The predicted molar refractivity (Wildman–Crippen MR) is 60.7 cm³/mol. The predicted octanol–water partition coefficient (Wildman–Crippen LogP) is 2.14. The first-order valence-electron chi connectivity index (χ1n) is 5.32. The molecule has 0 spiro atoms. The molecule has 0 aliphatic heterocycles. The maximum Gasteiger partial charge on any atom is 0.341 e. The number of nitrogens with zero attached hydrogens (tertiary/aromatic N) is 1. The number of pyridine rings is 1. The lowest BCUT2D eigenvalue weighted by atomic mass is 10.1. The van der Waals surface area contributed by atoms with Gasteiger partial charge in [-0.2, -0.15) is 0 Å². The molecular formula is C12H8F3NO3. The van der Waals surface area contributed by atoms with Crippen LogP contribution >= 0.6 is 0 Å². The zero-order valence-electron chi connectivity index (χ0n) is 9.71. The number of halogens is 3. The number of hydrogen-bond donors (Lipinski definition) is 1. The van der Waals surface area contributed by atoms with Gasteiger partial charge in [-0.15, -0.1) is 0 Å². The smallest absolute Gasteiger partial charge is 0.341 e. The Morgan fingerprint density at radius 2 is 1.95 bits per heavy atom. The fourth-order valence-corrected chi connectivity index (χ4v) is 1.87. The fourth-order valence-electron chi connectivity index (χ4n) is 1.87. The van der Waals surface area contributed by atoms with Gasteiger partial charge in [0, 0.05) is 12.7 Å². The fraction of sp³-hybridized carbons (Fsp3) is 0.167. The Kier molecular flexibility index (Phi) is 3.05. The number of carboxylic acid groups (broad SMARTS) is 1. The van der Waals surface area contributed by atoms with Crippen LogP contribution in [0.3, 0.4) is 0 Å². The lowest BCUT2D eigenvalue weighted by molar-refractivity contribution is 0.0695. The molecule has 7 heteroatoms. The van der Waals surface area contributed by atoms with Crippen molar-refractivity contribution in [2.75, 3.05) is 0 Å². The van der Waals surface area contributed by atoms with Crippen molar-refractivity contribution in [2.24, 2.45) is 0 Å². The molecule has 0 fully saturated rings. The van der Waals surface area contributed by atoms with Gasteiger partial charge in [0.1, 0.15) is 5.56 Å². The highest BCUT2D eigenvalue weighted by Gasteiger charge is 2.21. The highest BCUT2D eigenvalue weighted by atomic mass is 19.2. The van der Waals surface area contributed by atoms with Crippen LogP contribution in [0.15, 0.2) is 17.1 Å². The van der Waals surface area contributed by atoms with Gasteiger partial charge in [-0.1, -0.05) is 0 Å². The van der Waals surface area contributed by atoms with Crippen LogP contribution in [0, 0.1) is 17.5 Å². The molecule has 0 unspecified atom stereocenters. The molecule has 0 saturated heterocycles. The normalized spacial score (nSPS) is 10.9. The largest absolute Gasteiger partial charge is 0.477 e. The molecule has 0 amide bonds. The van der Waals surface area contributed by atoms with Crippen molar-refractivity contribution in [3.63, 3.8) is 0 Å². The maximum absolute atomic E-state index is 13.7. The number of carboxylic acids is 1. The van der Waals surface area contributed by atoms with Crippen molar-refractivity contribution < 1.29 is 23.1 Å². The number of hydrogen-bond acceptors (Lipinski definition) is 2. The van der Waals surface area contributed by atoms with Gasteiger partial charge in [-0.3, -0.25) is 4.79 Å². The second-order valence-corrected chi connectivity index (χ2v) is 3.85. The van der Waals surface area contributed by atoms with Gasteiger partial charge in [0.2, 0.25) is 5.43 Å². The van der Waals surface area contributed by atoms with Crippen LogP contribution in [0.4, 0.5) is 13.2 Å². The molecule has 1 N–H and O–H groups in total. The average Bonchev–Trinajstić information content (AvgIpc) is 2.37. The SMILES string of the molecule is CCn1cc(C(=O)O)c(=O)c2cc(F)c(F)c(F)c21. The quantitative estimate of drug-likeness (QED) is 0.851. The van der Waals surface area contributed by atoms with E-state index in [1.54, 1.807) is 6.92 Å². The van der Waals surface area contributed by atoms with E-state index in [1.165, 1.54) is 0 Å². The maximum atomic E-state index is 13.7. The molecule has 19 heavy (non-hydrogen) atoms. The molecular weight excluding hydrogens is 263 g/mol. The molecule has 2 aromatic rings. The lowest BCUT2D eigenvalue weighted by Gasteiger charge is -2.11. The number of carbonyl (C=O) groups is 1. The van der Waals surface area contributed by atoms with E-state index < -0.39 is 45.3 Å². The Morgan fingerprint density at radius 3 is 2.47 bits per heavy atom. The standard InChI is InChI=1S/C12H8F3NO3/c1-2-16-4-6(12(18)19)11(17)5-3-7(13)8(14)9(15)10(5)16/h3-4H,2H2,1H3,(H,18,19). The van der Waals surface area contributed by atoms with Crippen molar-refractivity contribution in [2.45, 2.75) is 13.5 Å². The van der Waals surface area contributed by atoms with Crippen molar-refractivity contribution >= 4 is 16.9 Å². The minimum Gasteiger partial charge on any atom is -0.477 e. The van der Waals surface area contributed by atoms with Crippen LogP contribution in [0.1, 0.15) is 17.3 Å². The molecule has 0 bridgehead atoms. The summed E-state index contributed by atoms with van der Waals surface area (Å²) in [6, 6.07) is 0.509. The first-order valence-corrected chi connectivity index (χ1v) is 5.32. The molecule has 0 aliphatic carbocycles. The topological polar surface area (TPSA) is 59.3 Å². The van der Waals surface area contributed by atoms with Crippen LogP contribution in [0.2, 0.25) is 0 Å². The van der Waals surface area contributed by atoms with E-state index >= 15 is 0 Å². The van der Waals surface area contributed by atoms with E-state index in [9.17, 15) is 22.8 Å². The second kappa shape index (κ2) is 4.42. The Hall–Kier alpha value is -2.31. The number of aromatic nitrogens is 1. The minimum atomic E-state index is -1.70. The average molecular weight is 271 g/mol. The van der Waals surface area contributed by atoms with E-state index in [2.05, 4.69) is 0 Å². The molecule has 2 rings (SSSR count). The van der Waals surface area contributed by atoms with Gasteiger partial charge in [-0.05, 0) is 13.0 Å². The van der Waals surface area contributed by atoms with Gasteiger partial charge in [0.05, 0.1) is 10.9 Å². The number of benzene rings is 1. The summed E-state index contributed by atoms with van der Waals surface area (Å²) in [5.74, 6) is -6.26. The molecule has 1 aromatic heterocycles. The van der Waals surface area contributed by atoms with Crippen LogP contribution in [-0.4, -0.2) is 15.6 Å². The van der Waals surface area contributed by atoms with E-state index in [0.29, 0.717) is 6.07 Å². The first kappa shape index (κ1) is 13.1. The van der Waals surface area contributed by atoms with Crippen molar-refractivity contribution in [1.82, 2.24) is 4.57 Å². The van der Waals surface area contributed by atoms with Gasteiger partial charge < -0.3 is 9.67 Å². The Bertz CT molecular complexity index is 752. The molecule has 1 aromatic carbocycles. The highest BCUT2D eigenvalue weighted by Crippen LogP contribution is 2.21. The summed E-state index contributed by atoms with van der Waals surface area (Å²) in [6.45, 7) is 1.65. The van der Waals surface area contributed by atoms with E-state index in [4.69, 9.17) is 5.11 Å². The summed E-state index contributed by atoms with van der Waals surface area (Å²) < 4.78 is 41.1. The zero-order chi connectivity index (χ0) is 14.3. The van der Waals surface area contributed by atoms with Crippen LogP contribution in [0.25, 0.3) is 10.9 Å². The van der Waals surface area contributed by atoms with Crippen molar-refractivity contribution in [1.29, 1.82) is 0 Å². The van der Waals surface area contributed by atoms with Crippen LogP contribution in [0.5, 0.6) is 0 Å². The zero-order valence-corrected chi connectivity index (χ0v) is 9.71. The van der Waals surface area contributed by atoms with Gasteiger partial charge in [-0.25, -0.2) is 18.0 Å². The van der Waals surface area contributed by atoms with Gasteiger partial charge >= 0.3 is 5.97 Å². The van der Waals surface area contributed by atoms with Gasteiger partial charge in [0.15, 0.2) is 17.5 Å². The highest BCUT2D eigenvalue weighted by molar-refractivity contribution is 5.92. The monoisotopic (exact) mass is 271 g/mol. The first-order chi connectivity index (χ1) is 8.88. The summed E-state index contributed by atoms with van der Waals surface area (Å²) in [7, 11) is 0. The molecule has 100 valence electrons. The second-order valence-electron chi connectivity index (χ2n) is 3.85. The summed E-state index contributed by atoms with van der Waals surface area (Å²) >= 11 is 0. The molecule has 0 atom stereocenters. The molecule has 0 radical (unpaired) electrons. The van der Waals surface area contributed by atoms with Gasteiger partial charge in [0.25, 0.3) is 0 Å². The third-order valence-electron chi connectivity index (χ3n) is 2.77. The number of fused-ring (bicyclic) bond motifs is 1. The summed E-state index contributed by atoms with van der Waals surface area (Å²) in [5.41, 5.74) is -2.12. The number of aromatic carboxylic acids is 1. The van der Waals surface area contributed by atoms with Crippen LogP contribution < -0.4 is 5.43 Å². The minimum absolute atomic E-state index is 0.0963. The van der Waals surface area contributed by atoms with E-state index in [1.807, 2.05) is 0 Å². The van der Waals surface area contributed by atoms with E-state index in [-0.39, 0.29) is 6.54 Å². The van der Waals surface area contributed by atoms with E-state index in [0.717, 1.165) is 10.8 Å². The Balaban J connectivity index is 3.08. The van der Waals surface area contributed by atoms with Crippen LogP contribution in [-0.2, 0) is 6.54 Å². The van der Waals surface area contributed by atoms with Crippen molar-refractivity contribution in [3.8, 4) is 0 Å². The number of rotatable bonds is 2. The summed E-state index contributed by atoms with van der Waals surface area (Å²) in [4.78, 5) is 22.7. The summed E-state index contributed by atoms with van der Waals surface area (Å²) in [6.07, 6.45) is 0.910. The summed E-state index contributed by atoms with van der Waals surface area (Å²) in [5, 5.41) is 8.36. The molecule has 0 saturated carbocycles. The molecule has 1 heterocycles. The molecule has 0 aliphatic rings. The lowest BCUT2D eigenvalue weighted by Crippen LogP contribution is -2.20.